The third-order valence-corrected chi connectivity index (χ3v) is 4.29. The molecule has 100 valence electrons. The van der Waals surface area contributed by atoms with Gasteiger partial charge in [0.1, 0.15) is 22.9 Å². The molecule has 0 amide bonds. The molecule has 20 heavy (non-hydrogen) atoms. The lowest BCUT2D eigenvalue weighted by Crippen LogP contribution is -1.97. The molecule has 3 aromatic heterocycles. The Morgan fingerprint density at radius 1 is 1.50 bits per heavy atom. The summed E-state index contributed by atoms with van der Waals surface area (Å²) >= 11 is 1.47. The number of rotatable bonds is 2. The minimum absolute atomic E-state index is 0.0419. The summed E-state index contributed by atoms with van der Waals surface area (Å²) in [4.78, 5) is 5.16. The van der Waals surface area contributed by atoms with Gasteiger partial charge in [0, 0.05) is 6.61 Å². The van der Waals surface area contributed by atoms with Crippen LogP contribution in [0.4, 0.5) is 0 Å². The van der Waals surface area contributed by atoms with Gasteiger partial charge in [-0.2, -0.15) is 14.9 Å². The quantitative estimate of drug-likeness (QED) is 0.724. The molecule has 0 radical (unpaired) electrons. The van der Waals surface area contributed by atoms with Gasteiger partial charge in [-0.05, 0) is 25.0 Å². The van der Waals surface area contributed by atoms with Crippen LogP contribution in [-0.2, 0) is 4.74 Å². The first-order valence-corrected chi connectivity index (χ1v) is 7.13. The fraction of sp³-hybridized carbons (Fsp3) is 0.308. The lowest BCUT2D eigenvalue weighted by molar-refractivity contribution is 0.111. The standard InChI is InChI=1S/C13H10N4O2S/c14-7-8-11(9-3-1-5-18-9)15-13-17(8)16-12(20-13)10-4-2-6-19-10/h1,3,5,10H,2,4,6H2. The SMILES string of the molecule is N#Cc1c(-c2ccco2)nc2sc(C3CCCO3)nn12. The topological polar surface area (TPSA) is 76.3 Å². The average molecular weight is 286 g/mol. The van der Waals surface area contributed by atoms with Gasteiger partial charge in [-0.1, -0.05) is 11.3 Å². The van der Waals surface area contributed by atoms with E-state index in [1.165, 1.54) is 11.3 Å². The predicted octanol–water partition coefficient (Wildman–Crippen LogP) is 2.77. The molecule has 0 saturated carbocycles. The predicted molar refractivity (Wildman–Crippen MR) is 71.2 cm³/mol. The third-order valence-electron chi connectivity index (χ3n) is 3.28. The van der Waals surface area contributed by atoms with Crippen molar-refractivity contribution in [1.29, 1.82) is 5.26 Å². The second-order valence-corrected chi connectivity index (χ2v) is 5.52. The Balaban J connectivity index is 1.85. The third kappa shape index (κ3) is 1.66. The summed E-state index contributed by atoms with van der Waals surface area (Å²) in [6, 6.07) is 5.71. The molecule has 7 heteroatoms. The lowest BCUT2D eigenvalue weighted by Gasteiger charge is -2.02. The highest BCUT2D eigenvalue weighted by atomic mass is 32.1. The van der Waals surface area contributed by atoms with Crippen LogP contribution in [0.1, 0.15) is 29.6 Å². The normalized spacial score (nSPS) is 18.6. The van der Waals surface area contributed by atoms with Crippen molar-refractivity contribution in [1.82, 2.24) is 14.6 Å². The molecule has 1 aliphatic rings. The Morgan fingerprint density at radius 3 is 3.15 bits per heavy atom. The van der Waals surface area contributed by atoms with Crippen LogP contribution < -0.4 is 0 Å². The number of hydrogen-bond acceptors (Lipinski definition) is 6. The molecule has 0 bridgehead atoms. The number of ether oxygens (including phenoxy) is 1. The Kier molecular flexibility index (Phi) is 2.58. The number of furan rings is 1. The zero-order valence-electron chi connectivity index (χ0n) is 10.4. The first-order chi connectivity index (χ1) is 9.86. The van der Waals surface area contributed by atoms with Crippen LogP contribution in [0.5, 0.6) is 0 Å². The van der Waals surface area contributed by atoms with Crippen molar-refractivity contribution in [3.05, 3.63) is 29.1 Å². The summed E-state index contributed by atoms with van der Waals surface area (Å²) < 4.78 is 12.5. The van der Waals surface area contributed by atoms with E-state index in [1.807, 2.05) is 0 Å². The van der Waals surface area contributed by atoms with Gasteiger partial charge in [-0.15, -0.1) is 0 Å². The number of imidazole rings is 1. The second-order valence-electron chi connectivity index (χ2n) is 4.53. The molecule has 1 unspecified atom stereocenters. The zero-order valence-corrected chi connectivity index (χ0v) is 11.3. The molecule has 1 fully saturated rings. The molecule has 1 saturated heterocycles. The van der Waals surface area contributed by atoms with Gasteiger partial charge >= 0.3 is 0 Å². The highest BCUT2D eigenvalue weighted by Crippen LogP contribution is 2.33. The highest BCUT2D eigenvalue weighted by molar-refractivity contribution is 7.16. The Morgan fingerprint density at radius 2 is 2.45 bits per heavy atom. The molecule has 0 aromatic carbocycles. The summed E-state index contributed by atoms with van der Waals surface area (Å²) in [6.45, 7) is 0.773. The maximum atomic E-state index is 9.36. The summed E-state index contributed by atoms with van der Waals surface area (Å²) in [5.41, 5.74) is 0.936. The number of nitriles is 1. The molecular weight excluding hydrogens is 276 g/mol. The zero-order chi connectivity index (χ0) is 13.5. The largest absolute Gasteiger partial charge is 0.463 e. The van der Waals surface area contributed by atoms with E-state index >= 15 is 0 Å². The van der Waals surface area contributed by atoms with Crippen LogP contribution >= 0.6 is 11.3 Å². The maximum Gasteiger partial charge on any atom is 0.214 e. The van der Waals surface area contributed by atoms with E-state index in [4.69, 9.17) is 9.15 Å². The molecule has 4 heterocycles. The van der Waals surface area contributed by atoms with Gasteiger partial charge < -0.3 is 9.15 Å². The molecule has 0 aliphatic carbocycles. The van der Waals surface area contributed by atoms with E-state index in [-0.39, 0.29) is 6.10 Å². The van der Waals surface area contributed by atoms with E-state index in [0.29, 0.717) is 22.1 Å². The summed E-state index contributed by atoms with van der Waals surface area (Å²) in [6.07, 6.45) is 3.63. The van der Waals surface area contributed by atoms with E-state index in [9.17, 15) is 5.26 Å². The van der Waals surface area contributed by atoms with Crippen molar-refractivity contribution in [3.63, 3.8) is 0 Å². The van der Waals surface area contributed by atoms with E-state index in [1.54, 1.807) is 22.9 Å². The highest BCUT2D eigenvalue weighted by Gasteiger charge is 2.25. The number of aromatic nitrogens is 3. The van der Waals surface area contributed by atoms with Gasteiger partial charge in [0.25, 0.3) is 0 Å². The van der Waals surface area contributed by atoms with E-state index < -0.39 is 0 Å². The summed E-state index contributed by atoms with van der Waals surface area (Å²) in [5.74, 6) is 0.581. The van der Waals surface area contributed by atoms with Gasteiger partial charge in [0.15, 0.2) is 11.5 Å². The Hall–Kier alpha value is -2.17. The Labute approximate surface area is 118 Å². The smallest absolute Gasteiger partial charge is 0.214 e. The fourth-order valence-electron chi connectivity index (χ4n) is 2.35. The van der Waals surface area contributed by atoms with Gasteiger partial charge in [-0.25, -0.2) is 4.98 Å². The number of hydrogen-bond donors (Lipinski definition) is 0. The first kappa shape index (κ1) is 11.6. The first-order valence-electron chi connectivity index (χ1n) is 6.32. The van der Waals surface area contributed by atoms with Crippen molar-refractivity contribution >= 4 is 16.3 Å². The van der Waals surface area contributed by atoms with Crippen molar-refractivity contribution in [2.45, 2.75) is 18.9 Å². The molecule has 1 atom stereocenters. The second kappa shape index (κ2) is 4.44. The van der Waals surface area contributed by atoms with Crippen LogP contribution in [0.25, 0.3) is 16.4 Å². The number of nitrogens with zero attached hydrogens (tertiary/aromatic N) is 4. The minimum Gasteiger partial charge on any atom is -0.463 e. The molecule has 3 aromatic rings. The summed E-state index contributed by atoms with van der Waals surface area (Å²) in [5, 5.41) is 14.7. The van der Waals surface area contributed by atoms with Crippen molar-refractivity contribution < 1.29 is 9.15 Å². The molecule has 6 nitrogen and oxygen atoms in total. The molecule has 1 aliphatic heterocycles. The molecule has 0 N–H and O–H groups in total. The van der Waals surface area contributed by atoms with Gasteiger partial charge in [-0.3, -0.25) is 0 Å². The van der Waals surface area contributed by atoms with Gasteiger partial charge in [0.05, 0.1) is 6.26 Å². The van der Waals surface area contributed by atoms with Crippen molar-refractivity contribution in [2.75, 3.05) is 6.61 Å². The Bertz CT molecular complexity index is 790. The average Bonchev–Trinajstić information content (AvgIpc) is 3.21. The van der Waals surface area contributed by atoms with Crippen LogP contribution in [0.2, 0.25) is 0 Å². The van der Waals surface area contributed by atoms with Crippen molar-refractivity contribution in [3.8, 4) is 17.5 Å². The van der Waals surface area contributed by atoms with Crippen molar-refractivity contribution in [2.24, 2.45) is 0 Å². The summed E-state index contributed by atoms with van der Waals surface area (Å²) in [7, 11) is 0. The van der Waals surface area contributed by atoms with E-state index in [2.05, 4.69) is 16.2 Å². The number of fused-ring (bicyclic) bond motifs is 1. The van der Waals surface area contributed by atoms with Crippen LogP contribution in [0, 0.1) is 11.3 Å². The van der Waals surface area contributed by atoms with E-state index in [0.717, 1.165) is 24.5 Å². The molecule has 4 rings (SSSR count). The van der Waals surface area contributed by atoms with Crippen LogP contribution in [-0.4, -0.2) is 21.2 Å². The van der Waals surface area contributed by atoms with Gasteiger partial charge in [0.2, 0.25) is 4.96 Å². The van der Waals surface area contributed by atoms with Crippen LogP contribution in [0.15, 0.2) is 22.8 Å². The molecule has 0 spiro atoms. The van der Waals surface area contributed by atoms with Crippen LogP contribution in [0.3, 0.4) is 0 Å². The monoisotopic (exact) mass is 286 g/mol. The fourth-order valence-corrected chi connectivity index (χ4v) is 3.33. The molecular formula is C13H10N4O2S. The minimum atomic E-state index is 0.0419. The lowest BCUT2D eigenvalue weighted by atomic mass is 10.2. The maximum absolute atomic E-state index is 9.36.